The monoisotopic (exact) mass is 319 g/mol. The molecule has 2 heterocycles. The molecule has 0 spiro atoms. The summed E-state index contributed by atoms with van der Waals surface area (Å²) in [4.78, 5) is 4.90. The Bertz CT molecular complexity index is 509. The molecule has 1 aromatic rings. The van der Waals surface area contributed by atoms with Crippen LogP contribution >= 0.6 is 0 Å². The number of hydrogen-bond acceptors (Lipinski definition) is 5. The summed E-state index contributed by atoms with van der Waals surface area (Å²) in [5, 5.41) is 5.98. The molecule has 1 aromatic heterocycles. The van der Waals surface area contributed by atoms with Gasteiger partial charge in [-0.15, -0.1) is 0 Å². The third-order valence-corrected chi connectivity index (χ3v) is 4.64. The normalized spacial score (nSPS) is 13.7. The summed E-state index contributed by atoms with van der Waals surface area (Å²) in [6.07, 6.45) is 5.70. The minimum Gasteiger partial charge on any atom is -0.382 e. The van der Waals surface area contributed by atoms with Crippen molar-refractivity contribution < 1.29 is 0 Å². The SMILES string of the molecule is CCCC(CCC)Nc1c(CN)c(CC)nc2c1CNN2CC. The summed E-state index contributed by atoms with van der Waals surface area (Å²) in [6.45, 7) is 11.1. The van der Waals surface area contributed by atoms with E-state index in [1.54, 1.807) is 0 Å². The van der Waals surface area contributed by atoms with Gasteiger partial charge >= 0.3 is 0 Å². The Hall–Kier alpha value is -1.33. The van der Waals surface area contributed by atoms with Gasteiger partial charge in [-0.1, -0.05) is 33.6 Å². The first-order chi connectivity index (χ1) is 11.2. The number of nitrogens with zero attached hydrogens (tertiary/aromatic N) is 2. The van der Waals surface area contributed by atoms with E-state index in [1.807, 2.05) is 0 Å². The molecule has 0 aromatic carbocycles. The lowest BCUT2D eigenvalue weighted by Crippen LogP contribution is -2.32. The van der Waals surface area contributed by atoms with Gasteiger partial charge in [0.05, 0.1) is 0 Å². The highest BCUT2D eigenvalue weighted by Gasteiger charge is 2.27. The van der Waals surface area contributed by atoms with E-state index in [0.717, 1.165) is 31.0 Å². The van der Waals surface area contributed by atoms with Gasteiger partial charge in [0, 0.05) is 48.2 Å². The summed E-state index contributed by atoms with van der Waals surface area (Å²) in [5.74, 6) is 1.08. The fourth-order valence-electron chi connectivity index (χ4n) is 3.48. The minimum atomic E-state index is 0.516. The number of rotatable bonds is 9. The standard InChI is InChI=1S/C18H33N5/c1-5-9-13(10-6-2)21-17-14(11-19)16(7-3)22-18-15(17)12-20-23(18)8-4/h13,20H,5-12,19H2,1-4H3,(H,21,22). The number of hydrogen-bond donors (Lipinski definition) is 3. The Kier molecular flexibility index (Phi) is 6.66. The first kappa shape index (κ1) is 18.0. The van der Waals surface area contributed by atoms with Gasteiger partial charge < -0.3 is 11.1 Å². The number of nitrogens with two attached hydrogens (primary N) is 1. The van der Waals surface area contributed by atoms with E-state index < -0.39 is 0 Å². The summed E-state index contributed by atoms with van der Waals surface area (Å²) in [6, 6.07) is 0.516. The topological polar surface area (TPSA) is 66.2 Å². The third kappa shape index (κ3) is 3.78. The van der Waals surface area contributed by atoms with Crippen molar-refractivity contribution in [3.63, 3.8) is 0 Å². The molecule has 0 bridgehead atoms. The molecule has 1 aliphatic heterocycles. The van der Waals surface area contributed by atoms with Crippen LogP contribution in [-0.2, 0) is 19.5 Å². The molecule has 0 aliphatic carbocycles. The predicted molar refractivity (Wildman–Crippen MR) is 98.6 cm³/mol. The average Bonchev–Trinajstić information content (AvgIpc) is 2.97. The molecule has 0 fully saturated rings. The first-order valence-corrected chi connectivity index (χ1v) is 9.22. The molecule has 0 amide bonds. The Morgan fingerprint density at radius 2 is 1.91 bits per heavy atom. The first-order valence-electron chi connectivity index (χ1n) is 9.22. The molecule has 1 aliphatic rings. The number of nitrogens with one attached hydrogen (secondary N) is 2. The van der Waals surface area contributed by atoms with Crippen LogP contribution in [0.1, 0.15) is 70.2 Å². The largest absolute Gasteiger partial charge is 0.382 e. The van der Waals surface area contributed by atoms with Gasteiger partial charge in [0.25, 0.3) is 0 Å². The summed E-state index contributed by atoms with van der Waals surface area (Å²) < 4.78 is 0. The van der Waals surface area contributed by atoms with E-state index >= 15 is 0 Å². The maximum Gasteiger partial charge on any atom is 0.149 e. The van der Waals surface area contributed by atoms with Crippen molar-refractivity contribution in [2.45, 2.75) is 78.9 Å². The van der Waals surface area contributed by atoms with Crippen LogP contribution in [0.15, 0.2) is 0 Å². The molecule has 5 nitrogen and oxygen atoms in total. The van der Waals surface area contributed by atoms with Gasteiger partial charge in [-0.3, -0.25) is 5.01 Å². The van der Waals surface area contributed by atoms with Crippen LogP contribution in [0, 0.1) is 0 Å². The van der Waals surface area contributed by atoms with Crippen LogP contribution in [0.5, 0.6) is 0 Å². The molecule has 5 heteroatoms. The second-order valence-corrected chi connectivity index (χ2v) is 6.27. The molecule has 0 saturated heterocycles. The fraction of sp³-hybridized carbons (Fsp3) is 0.722. The van der Waals surface area contributed by atoms with Gasteiger partial charge in [-0.05, 0) is 26.2 Å². The Morgan fingerprint density at radius 3 is 2.43 bits per heavy atom. The summed E-state index contributed by atoms with van der Waals surface area (Å²) in [5.41, 5.74) is 14.4. The average molecular weight is 319 g/mol. The van der Waals surface area contributed by atoms with E-state index in [2.05, 4.69) is 43.4 Å². The van der Waals surface area contributed by atoms with Crippen LogP contribution in [0.4, 0.5) is 11.5 Å². The maximum absolute atomic E-state index is 6.10. The molecule has 0 saturated carbocycles. The Balaban J connectivity index is 2.45. The van der Waals surface area contributed by atoms with Crippen LogP contribution in [0.3, 0.4) is 0 Å². The lowest BCUT2D eigenvalue weighted by molar-refractivity contribution is 0.584. The quantitative estimate of drug-likeness (QED) is 0.651. The van der Waals surface area contributed by atoms with Crippen LogP contribution in [0.25, 0.3) is 0 Å². The van der Waals surface area contributed by atoms with Gasteiger partial charge in [-0.2, -0.15) is 0 Å². The second-order valence-electron chi connectivity index (χ2n) is 6.27. The zero-order chi connectivity index (χ0) is 16.8. The summed E-state index contributed by atoms with van der Waals surface area (Å²) >= 11 is 0. The van der Waals surface area contributed by atoms with Crippen molar-refractivity contribution in [1.29, 1.82) is 0 Å². The summed E-state index contributed by atoms with van der Waals surface area (Å²) in [7, 11) is 0. The lowest BCUT2D eigenvalue weighted by Gasteiger charge is -2.25. The van der Waals surface area contributed by atoms with Gasteiger partial charge in [0.1, 0.15) is 5.82 Å². The molecule has 130 valence electrons. The zero-order valence-electron chi connectivity index (χ0n) is 15.2. The van der Waals surface area contributed by atoms with Crippen molar-refractivity contribution in [2.24, 2.45) is 5.73 Å². The number of fused-ring (bicyclic) bond motifs is 1. The van der Waals surface area contributed by atoms with Crippen LogP contribution in [0.2, 0.25) is 0 Å². The number of pyridine rings is 1. The maximum atomic E-state index is 6.10. The second kappa shape index (κ2) is 8.50. The van der Waals surface area contributed by atoms with E-state index in [1.165, 1.54) is 42.5 Å². The molecule has 0 atom stereocenters. The van der Waals surface area contributed by atoms with Crippen molar-refractivity contribution in [3.8, 4) is 0 Å². The van der Waals surface area contributed by atoms with E-state index in [-0.39, 0.29) is 0 Å². The highest BCUT2D eigenvalue weighted by Crippen LogP contribution is 2.35. The van der Waals surface area contributed by atoms with E-state index in [4.69, 9.17) is 10.7 Å². The van der Waals surface area contributed by atoms with Gasteiger partial charge in [0.2, 0.25) is 0 Å². The van der Waals surface area contributed by atoms with Gasteiger partial charge in [0.15, 0.2) is 0 Å². The number of hydrazine groups is 1. The van der Waals surface area contributed by atoms with Crippen molar-refractivity contribution in [1.82, 2.24) is 10.4 Å². The molecule has 4 N–H and O–H groups in total. The van der Waals surface area contributed by atoms with Gasteiger partial charge in [-0.25, -0.2) is 10.4 Å². The van der Waals surface area contributed by atoms with Crippen molar-refractivity contribution in [3.05, 3.63) is 16.8 Å². The zero-order valence-corrected chi connectivity index (χ0v) is 15.2. The highest BCUT2D eigenvalue weighted by atomic mass is 15.5. The molecule has 0 unspecified atom stereocenters. The number of aromatic nitrogens is 1. The van der Waals surface area contributed by atoms with Crippen molar-refractivity contribution >= 4 is 11.5 Å². The Morgan fingerprint density at radius 1 is 1.22 bits per heavy atom. The number of anilines is 2. The predicted octanol–water partition coefficient (Wildman–Crippen LogP) is 3.33. The Labute approximate surface area is 141 Å². The molecule has 23 heavy (non-hydrogen) atoms. The molecular formula is C18H33N5. The van der Waals surface area contributed by atoms with Crippen LogP contribution in [-0.4, -0.2) is 17.6 Å². The van der Waals surface area contributed by atoms with E-state index in [9.17, 15) is 0 Å². The van der Waals surface area contributed by atoms with E-state index in [0.29, 0.717) is 12.6 Å². The number of aryl methyl sites for hydroxylation is 1. The molecule has 0 radical (unpaired) electrons. The lowest BCUT2D eigenvalue weighted by atomic mass is 10.0. The molecular weight excluding hydrogens is 286 g/mol. The van der Waals surface area contributed by atoms with Crippen LogP contribution < -0.4 is 21.5 Å². The minimum absolute atomic E-state index is 0.516. The smallest absolute Gasteiger partial charge is 0.149 e. The van der Waals surface area contributed by atoms with Crippen molar-refractivity contribution in [2.75, 3.05) is 16.9 Å². The molecule has 2 rings (SSSR count). The highest BCUT2D eigenvalue weighted by molar-refractivity contribution is 5.70. The third-order valence-electron chi connectivity index (χ3n) is 4.64. The fourth-order valence-corrected chi connectivity index (χ4v) is 3.48.